The topological polar surface area (TPSA) is 119 Å². The molecule has 0 aliphatic rings. The summed E-state index contributed by atoms with van der Waals surface area (Å²) in [6.07, 6.45) is 2.06. The van der Waals surface area contributed by atoms with E-state index in [0.29, 0.717) is 5.56 Å². The summed E-state index contributed by atoms with van der Waals surface area (Å²) in [6.45, 7) is 0. The highest BCUT2D eigenvalue weighted by Crippen LogP contribution is 2.20. The molecule has 1 aromatic heterocycles. The van der Waals surface area contributed by atoms with Crippen LogP contribution in [-0.4, -0.2) is 26.1 Å². The molecule has 8 nitrogen and oxygen atoms in total. The number of nitrogens with zero attached hydrogens (tertiary/aromatic N) is 3. The molecule has 0 unspecified atom stereocenters. The summed E-state index contributed by atoms with van der Waals surface area (Å²) in [5.41, 5.74) is 0.460. The van der Waals surface area contributed by atoms with Crippen molar-refractivity contribution < 1.29 is 19.3 Å². The normalized spacial score (nSPS) is 10.7. The number of hydrogen-bond donors (Lipinski definition) is 1. The second-order valence-corrected chi connectivity index (χ2v) is 3.43. The van der Waals surface area contributed by atoms with Gasteiger partial charge in [0.2, 0.25) is 0 Å². The van der Waals surface area contributed by atoms with Crippen molar-refractivity contribution in [2.75, 3.05) is 0 Å². The summed E-state index contributed by atoms with van der Waals surface area (Å²) in [4.78, 5) is 24.2. The molecule has 0 saturated carbocycles. The Morgan fingerprint density at radius 2 is 2.05 bits per heavy atom. The average molecular weight is 261 g/mol. The number of aliphatic carboxylic acids is 1. The maximum atomic E-state index is 10.5. The zero-order valence-corrected chi connectivity index (χ0v) is 9.39. The van der Waals surface area contributed by atoms with E-state index in [-0.39, 0.29) is 17.4 Å². The van der Waals surface area contributed by atoms with Gasteiger partial charge in [-0.1, -0.05) is 5.16 Å². The summed E-state index contributed by atoms with van der Waals surface area (Å²) >= 11 is 0. The fourth-order valence-electron chi connectivity index (χ4n) is 1.29. The van der Waals surface area contributed by atoms with Crippen LogP contribution in [-0.2, 0) is 4.79 Å². The van der Waals surface area contributed by atoms with Gasteiger partial charge in [-0.25, -0.2) is 4.79 Å². The lowest BCUT2D eigenvalue weighted by Gasteiger charge is -1.93. The van der Waals surface area contributed by atoms with E-state index in [0.717, 1.165) is 6.08 Å². The molecular formula is C11H7N3O5. The molecule has 96 valence electrons. The van der Waals surface area contributed by atoms with Gasteiger partial charge >= 0.3 is 5.97 Å². The van der Waals surface area contributed by atoms with Gasteiger partial charge in [0.25, 0.3) is 11.6 Å². The monoisotopic (exact) mass is 261 g/mol. The van der Waals surface area contributed by atoms with Crippen molar-refractivity contribution in [1.82, 2.24) is 10.1 Å². The molecule has 0 spiro atoms. The van der Waals surface area contributed by atoms with Crippen LogP contribution >= 0.6 is 0 Å². The SMILES string of the molecule is O=C(O)/C=C/c1noc(-c2ccc([N+](=O)[O-])cc2)n1. The number of carboxylic acid groups (broad SMARTS) is 1. The molecule has 0 atom stereocenters. The van der Waals surface area contributed by atoms with Crippen LogP contribution in [0.1, 0.15) is 5.82 Å². The quantitative estimate of drug-likeness (QED) is 0.505. The molecule has 1 heterocycles. The Hall–Kier alpha value is -3.03. The van der Waals surface area contributed by atoms with E-state index in [2.05, 4.69) is 10.1 Å². The van der Waals surface area contributed by atoms with Crippen LogP contribution in [0, 0.1) is 10.1 Å². The number of hydrogen-bond acceptors (Lipinski definition) is 6. The highest BCUT2D eigenvalue weighted by Gasteiger charge is 2.10. The highest BCUT2D eigenvalue weighted by molar-refractivity contribution is 5.84. The Kier molecular flexibility index (Phi) is 3.33. The number of carboxylic acids is 1. The molecule has 1 N–H and O–H groups in total. The lowest BCUT2D eigenvalue weighted by molar-refractivity contribution is -0.384. The first-order valence-electron chi connectivity index (χ1n) is 5.06. The molecule has 0 fully saturated rings. The molecule has 1 aromatic carbocycles. The van der Waals surface area contributed by atoms with E-state index in [4.69, 9.17) is 9.63 Å². The Bertz CT molecular complexity index is 645. The molecule has 19 heavy (non-hydrogen) atoms. The fourth-order valence-corrected chi connectivity index (χ4v) is 1.29. The number of aromatic nitrogens is 2. The van der Waals surface area contributed by atoms with E-state index in [1.54, 1.807) is 0 Å². The van der Waals surface area contributed by atoms with Crippen molar-refractivity contribution in [2.24, 2.45) is 0 Å². The second-order valence-electron chi connectivity index (χ2n) is 3.43. The fraction of sp³-hybridized carbons (Fsp3) is 0. The molecule has 2 rings (SSSR count). The number of non-ortho nitro benzene ring substituents is 1. The molecule has 0 saturated heterocycles. The van der Waals surface area contributed by atoms with Crippen molar-refractivity contribution in [3.63, 3.8) is 0 Å². The molecule has 2 aromatic rings. The average Bonchev–Trinajstić information content (AvgIpc) is 2.85. The number of rotatable bonds is 4. The Balaban J connectivity index is 2.23. The summed E-state index contributed by atoms with van der Waals surface area (Å²) in [5.74, 6) is -0.864. The lowest BCUT2D eigenvalue weighted by atomic mass is 10.2. The van der Waals surface area contributed by atoms with Crippen LogP contribution in [0.5, 0.6) is 0 Å². The van der Waals surface area contributed by atoms with Gasteiger partial charge in [-0.3, -0.25) is 10.1 Å². The van der Waals surface area contributed by atoms with Crippen LogP contribution in [0.25, 0.3) is 17.5 Å². The first-order valence-corrected chi connectivity index (χ1v) is 5.06. The smallest absolute Gasteiger partial charge is 0.328 e. The Morgan fingerprint density at radius 1 is 1.37 bits per heavy atom. The molecule has 0 radical (unpaired) electrons. The molecule has 8 heteroatoms. The Morgan fingerprint density at radius 3 is 2.63 bits per heavy atom. The third-order valence-corrected chi connectivity index (χ3v) is 2.14. The summed E-state index contributed by atoms with van der Waals surface area (Å²) in [5, 5.41) is 22.5. The maximum absolute atomic E-state index is 10.5. The summed E-state index contributed by atoms with van der Waals surface area (Å²) in [6, 6.07) is 5.56. The number of nitro groups is 1. The van der Waals surface area contributed by atoms with Crippen LogP contribution < -0.4 is 0 Å². The van der Waals surface area contributed by atoms with Gasteiger partial charge in [0.05, 0.1) is 4.92 Å². The first kappa shape index (κ1) is 12.4. The minimum Gasteiger partial charge on any atom is -0.478 e. The molecular weight excluding hydrogens is 254 g/mol. The predicted octanol–water partition coefficient (Wildman–Crippen LogP) is 1.74. The van der Waals surface area contributed by atoms with E-state index in [1.807, 2.05) is 0 Å². The van der Waals surface area contributed by atoms with E-state index in [9.17, 15) is 14.9 Å². The zero-order chi connectivity index (χ0) is 13.8. The van der Waals surface area contributed by atoms with Crippen molar-refractivity contribution in [1.29, 1.82) is 0 Å². The largest absolute Gasteiger partial charge is 0.478 e. The van der Waals surface area contributed by atoms with Crippen molar-refractivity contribution in [2.45, 2.75) is 0 Å². The van der Waals surface area contributed by atoms with Gasteiger partial charge in [-0.2, -0.15) is 4.98 Å². The first-order chi connectivity index (χ1) is 9.06. The lowest BCUT2D eigenvalue weighted by Crippen LogP contribution is -1.87. The van der Waals surface area contributed by atoms with Gasteiger partial charge in [-0.15, -0.1) is 0 Å². The van der Waals surface area contributed by atoms with Crippen LogP contribution in [0.15, 0.2) is 34.9 Å². The maximum Gasteiger partial charge on any atom is 0.328 e. The predicted molar refractivity (Wildman–Crippen MR) is 63.1 cm³/mol. The second kappa shape index (κ2) is 5.08. The standard InChI is InChI=1S/C11H7N3O5/c15-10(16)6-5-9-12-11(19-13-9)7-1-3-8(4-2-7)14(17)18/h1-6H,(H,15,16)/b6-5+. The van der Waals surface area contributed by atoms with Gasteiger partial charge < -0.3 is 9.63 Å². The van der Waals surface area contributed by atoms with E-state index < -0.39 is 10.9 Å². The third-order valence-electron chi connectivity index (χ3n) is 2.14. The molecule has 0 amide bonds. The van der Waals surface area contributed by atoms with Crippen LogP contribution in [0.4, 0.5) is 5.69 Å². The van der Waals surface area contributed by atoms with Crippen LogP contribution in [0.2, 0.25) is 0 Å². The number of benzene rings is 1. The molecule has 0 bridgehead atoms. The van der Waals surface area contributed by atoms with E-state index in [1.165, 1.54) is 30.3 Å². The van der Waals surface area contributed by atoms with Gasteiger partial charge in [0, 0.05) is 23.8 Å². The Labute approximate surface area is 106 Å². The minimum absolute atomic E-state index is 0.0470. The van der Waals surface area contributed by atoms with Gasteiger partial charge in [0.1, 0.15) is 0 Å². The summed E-state index contributed by atoms with van der Waals surface area (Å²) in [7, 11) is 0. The number of nitro benzene ring substituents is 1. The number of carbonyl (C=O) groups is 1. The third kappa shape index (κ3) is 3.00. The zero-order valence-electron chi connectivity index (χ0n) is 9.39. The minimum atomic E-state index is -1.12. The summed E-state index contributed by atoms with van der Waals surface area (Å²) < 4.78 is 4.91. The van der Waals surface area contributed by atoms with Crippen molar-refractivity contribution >= 4 is 17.7 Å². The van der Waals surface area contributed by atoms with Gasteiger partial charge in [-0.05, 0) is 18.2 Å². The van der Waals surface area contributed by atoms with Gasteiger partial charge in [0.15, 0.2) is 5.82 Å². The molecule has 0 aliphatic carbocycles. The van der Waals surface area contributed by atoms with Crippen molar-refractivity contribution in [3.05, 3.63) is 46.3 Å². The van der Waals surface area contributed by atoms with Crippen molar-refractivity contribution in [3.8, 4) is 11.5 Å². The highest BCUT2D eigenvalue weighted by atomic mass is 16.6. The molecule has 0 aliphatic heterocycles. The van der Waals surface area contributed by atoms with Crippen LogP contribution in [0.3, 0.4) is 0 Å². The van der Waals surface area contributed by atoms with E-state index >= 15 is 0 Å².